The van der Waals surface area contributed by atoms with Crippen LogP contribution in [0.1, 0.15) is 20.8 Å². The van der Waals surface area contributed by atoms with Gasteiger partial charge in [-0.1, -0.05) is 25.4 Å². The predicted molar refractivity (Wildman–Crippen MR) is 76.8 cm³/mol. The van der Waals surface area contributed by atoms with E-state index in [0.29, 0.717) is 12.5 Å². The Morgan fingerprint density at radius 3 is 2.70 bits per heavy atom. The van der Waals surface area contributed by atoms with E-state index in [1.54, 1.807) is 6.92 Å². The van der Waals surface area contributed by atoms with Crippen LogP contribution in [0, 0.1) is 16.0 Å². The summed E-state index contributed by atoms with van der Waals surface area (Å²) in [6, 6.07) is 0.552. The van der Waals surface area contributed by atoms with Crippen LogP contribution in [0.15, 0.2) is 12.3 Å². The summed E-state index contributed by atoms with van der Waals surface area (Å²) in [5.74, 6) is 0.102. The molecule has 0 aliphatic heterocycles. The zero-order valence-electron chi connectivity index (χ0n) is 11.5. The van der Waals surface area contributed by atoms with Gasteiger partial charge in [-0.25, -0.2) is 4.98 Å². The van der Waals surface area contributed by atoms with E-state index in [9.17, 15) is 14.9 Å². The zero-order valence-corrected chi connectivity index (χ0v) is 12.3. The lowest BCUT2D eigenvalue weighted by atomic mass is 10.2. The number of rotatable bonds is 6. The molecule has 1 aromatic rings. The van der Waals surface area contributed by atoms with Gasteiger partial charge in [0.25, 0.3) is 0 Å². The smallest absolute Gasteiger partial charge is 0.312 e. The van der Waals surface area contributed by atoms with Gasteiger partial charge in [0, 0.05) is 18.8 Å². The molecule has 0 aliphatic carbocycles. The molecule has 0 saturated carbocycles. The minimum Gasteiger partial charge on any atom is -0.354 e. The van der Waals surface area contributed by atoms with Crippen LogP contribution in [-0.4, -0.2) is 28.4 Å². The van der Waals surface area contributed by atoms with Gasteiger partial charge in [0.1, 0.15) is 6.04 Å². The Labute approximate surface area is 121 Å². The summed E-state index contributed by atoms with van der Waals surface area (Å²) in [4.78, 5) is 26.0. The van der Waals surface area contributed by atoms with E-state index >= 15 is 0 Å². The number of nitro groups is 1. The molecule has 0 radical (unpaired) electrons. The number of aromatic nitrogens is 1. The molecule has 110 valence electrons. The molecule has 7 nitrogen and oxygen atoms in total. The van der Waals surface area contributed by atoms with Crippen LogP contribution < -0.4 is 10.6 Å². The summed E-state index contributed by atoms with van der Waals surface area (Å²) in [6.45, 7) is 6.10. The molecule has 0 fully saturated rings. The molecule has 1 amide bonds. The molecule has 2 N–H and O–H groups in total. The summed E-state index contributed by atoms with van der Waals surface area (Å²) in [5, 5.41) is 16.5. The number of hydrogen-bond acceptors (Lipinski definition) is 5. The quantitative estimate of drug-likeness (QED) is 0.620. The van der Waals surface area contributed by atoms with Gasteiger partial charge in [-0.05, 0) is 12.8 Å². The van der Waals surface area contributed by atoms with Crippen molar-refractivity contribution in [2.75, 3.05) is 11.9 Å². The van der Waals surface area contributed by atoms with Crippen LogP contribution in [-0.2, 0) is 4.79 Å². The molecule has 0 spiro atoms. The summed E-state index contributed by atoms with van der Waals surface area (Å²) >= 11 is 5.67. The predicted octanol–water partition coefficient (Wildman–Crippen LogP) is 2.22. The number of amides is 1. The Morgan fingerprint density at radius 2 is 2.15 bits per heavy atom. The van der Waals surface area contributed by atoms with Gasteiger partial charge >= 0.3 is 5.69 Å². The molecule has 1 heterocycles. The van der Waals surface area contributed by atoms with E-state index in [1.165, 1.54) is 12.3 Å². The van der Waals surface area contributed by atoms with Crippen LogP contribution in [0.4, 0.5) is 11.5 Å². The van der Waals surface area contributed by atoms with Gasteiger partial charge in [-0.15, -0.1) is 0 Å². The standard InChI is InChI=1S/C12H17ClN4O3/c1-7(2)5-15-12(18)8(3)16-11-10(17(19)20)4-9(13)6-14-11/h4,6-8H,5H2,1-3H3,(H,14,16)(H,15,18). The summed E-state index contributed by atoms with van der Waals surface area (Å²) in [7, 11) is 0. The maximum atomic E-state index is 11.8. The van der Waals surface area contributed by atoms with E-state index in [1.807, 2.05) is 13.8 Å². The fourth-order valence-electron chi connectivity index (χ4n) is 1.41. The van der Waals surface area contributed by atoms with Crippen LogP contribution in [0.5, 0.6) is 0 Å². The first-order chi connectivity index (χ1) is 9.31. The topological polar surface area (TPSA) is 97.2 Å². The fourth-order valence-corrected chi connectivity index (χ4v) is 1.56. The highest BCUT2D eigenvalue weighted by Crippen LogP contribution is 2.25. The van der Waals surface area contributed by atoms with E-state index in [2.05, 4.69) is 15.6 Å². The Morgan fingerprint density at radius 1 is 1.50 bits per heavy atom. The Hall–Kier alpha value is -1.89. The molecule has 1 rings (SSSR count). The second kappa shape index (κ2) is 7.04. The van der Waals surface area contributed by atoms with Gasteiger partial charge in [0.2, 0.25) is 11.7 Å². The average Bonchev–Trinajstić information content (AvgIpc) is 2.37. The largest absolute Gasteiger partial charge is 0.354 e. The van der Waals surface area contributed by atoms with Crippen molar-refractivity contribution in [1.82, 2.24) is 10.3 Å². The number of carbonyl (C=O) groups is 1. The SMILES string of the molecule is CC(C)CNC(=O)C(C)Nc1ncc(Cl)cc1[N+](=O)[O-]. The zero-order chi connectivity index (χ0) is 15.3. The van der Waals surface area contributed by atoms with Gasteiger partial charge in [-0.2, -0.15) is 0 Å². The first kappa shape index (κ1) is 16.2. The molecular formula is C12H17ClN4O3. The van der Waals surface area contributed by atoms with Crippen molar-refractivity contribution in [3.05, 3.63) is 27.4 Å². The van der Waals surface area contributed by atoms with Crippen molar-refractivity contribution in [2.45, 2.75) is 26.8 Å². The Bertz CT molecular complexity index is 507. The Balaban J connectivity index is 2.77. The summed E-state index contributed by atoms with van der Waals surface area (Å²) in [6.07, 6.45) is 1.29. The highest BCUT2D eigenvalue weighted by Gasteiger charge is 2.20. The van der Waals surface area contributed by atoms with Crippen molar-refractivity contribution < 1.29 is 9.72 Å². The molecule has 1 atom stereocenters. The first-order valence-electron chi connectivity index (χ1n) is 6.15. The number of anilines is 1. The van der Waals surface area contributed by atoms with Crippen molar-refractivity contribution >= 4 is 29.0 Å². The second-order valence-electron chi connectivity index (χ2n) is 4.78. The lowest BCUT2D eigenvalue weighted by Crippen LogP contribution is -2.39. The number of carbonyl (C=O) groups excluding carboxylic acids is 1. The van der Waals surface area contributed by atoms with Crippen molar-refractivity contribution in [2.24, 2.45) is 5.92 Å². The number of pyridine rings is 1. The van der Waals surface area contributed by atoms with Crippen LogP contribution >= 0.6 is 11.6 Å². The maximum absolute atomic E-state index is 11.8. The van der Waals surface area contributed by atoms with E-state index in [-0.39, 0.29) is 22.4 Å². The van der Waals surface area contributed by atoms with Crippen molar-refractivity contribution in [3.63, 3.8) is 0 Å². The highest BCUT2D eigenvalue weighted by atomic mass is 35.5. The minimum absolute atomic E-state index is 0.0200. The van der Waals surface area contributed by atoms with Crippen LogP contribution in [0.2, 0.25) is 5.02 Å². The fraction of sp³-hybridized carbons (Fsp3) is 0.500. The lowest BCUT2D eigenvalue weighted by molar-refractivity contribution is -0.384. The van der Waals surface area contributed by atoms with Crippen molar-refractivity contribution in [1.29, 1.82) is 0 Å². The third-order valence-electron chi connectivity index (χ3n) is 2.46. The molecule has 1 aromatic heterocycles. The minimum atomic E-state index is -0.638. The molecule has 0 bridgehead atoms. The third kappa shape index (κ3) is 4.65. The Kier molecular flexibility index (Phi) is 5.69. The second-order valence-corrected chi connectivity index (χ2v) is 5.22. The number of nitrogens with zero attached hydrogens (tertiary/aromatic N) is 2. The molecule has 0 aromatic carbocycles. The highest BCUT2D eigenvalue weighted by molar-refractivity contribution is 6.30. The molecule has 0 saturated heterocycles. The number of halogens is 1. The van der Waals surface area contributed by atoms with E-state index < -0.39 is 11.0 Å². The van der Waals surface area contributed by atoms with E-state index in [4.69, 9.17) is 11.6 Å². The molecule has 20 heavy (non-hydrogen) atoms. The number of nitrogens with one attached hydrogen (secondary N) is 2. The molecule has 1 unspecified atom stereocenters. The van der Waals surface area contributed by atoms with Gasteiger partial charge in [0.15, 0.2) is 0 Å². The first-order valence-corrected chi connectivity index (χ1v) is 6.53. The van der Waals surface area contributed by atoms with Crippen molar-refractivity contribution in [3.8, 4) is 0 Å². The summed E-state index contributed by atoms with van der Waals surface area (Å²) in [5.41, 5.74) is -0.263. The maximum Gasteiger partial charge on any atom is 0.312 e. The third-order valence-corrected chi connectivity index (χ3v) is 2.67. The molecular weight excluding hydrogens is 284 g/mol. The lowest BCUT2D eigenvalue weighted by Gasteiger charge is -2.15. The van der Waals surface area contributed by atoms with Crippen LogP contribution in [0.3, 0.4) is 0 Å². The monoisotopic (exact) mass is 300 g/mol. The van der Waals surface area contributed by atoms with Gasteiger partial charge in [0.05, 0.1) is 9.95 Å². The normalized spacial score (nSPS) is 12.1. The van der Waals surface area contributed by atoms with Gasteiger partial charge < -0.3 is 10.6 Å². The average molecular weight is 301 g/mol. The molecule has 8 heteroatoms. The number of hydrogen-bond donors (Lipinski definition) is 2. The van der Waals surface area contributed by atoms with Gasteiger partial charge in [-0.3, -0.25) is 14.9 Å². The van der Waals surface area contributed by atoms with Crippen LogP contribution in [0.25, 0.3) is 0 Å². The summed E-state index contributed by atoms with van der Waals surface area (Å²) < 4.78 is 0. The molecule has 0 aliphatic rings. The van der Waals surface area contributed by atoms with E-state index in [0.717, 1.165) is 0 Å².